The molecule has 0 saturated heterocycles. The van der Waals surface area contributed by atoms with Gasteiger partial charge in [0.15, 0.2) is 0 Å². The van der Waals surface area contributed by atoms with E-state index in [9.17, 15) is 4.39 Å². The van der Waals surface area contributed by atoms with Gasteiger partial charge in [-0.25, -0.2) is 4.39 Å². The summed E-state index contributed by atoms with van der Waals surface area (Å²) in [5, 5.41) is 3.71. The smallest absolute Gasteiger partial charge is 0.127 e. The number of likely N-dealkylation sites (N-methyl/N-ethyl adjacent to an activating group) is 1. The van der Waals surface area contributed by atoms with Gasteiger partial charge in [0.1, 0.15) is 5.82 Å². The third kappa shape index (κ3) is 4.79. The summed E-state index contributed by atoms with van der Waals surface area (Å²) < 4.78 is 13.9. The minimum Gasteiger partial charge on any atom is -0.312 e. The SMILES string of the molecule is CCCNC1CCCCCC1N(C)Cc1ccccc1F. The first-order valence-electron chi connectivity index (χ1n) is 8.39. The number of nitrogens with one attached hydrogen (secondary N) is 1. The molecule has 1 fully saturated rings. The van der Waals surface area contributed by atoms with E-state index in [1.807, 2.05) is 12.1 Å². The molecule has 0 spiro atoms. The highest BCUT2D eigenvalue weighted by Gasteiger charge is 2.26. The molecule has 2 unspecified atom stereocenters. The fourth-order valence-electron chi connectivity index (χ4n) is 3.40. The van der Waals surface area contributed by atoms with Gasteiger partial charge in [0.05, 0.1) is 0 Å². The van der Waals surface area contributed by atoms with E-state index in [1.54, 1.807) is 12.1 Å². The standard InChI is InChI=1S/C18H29FN2/c1-3-13-20-17-11-5-4-6-12-18(17)21(2)14-15-9-7-8-10-16(15)19/h7-10,17-18,20H,3-6,11-14H2,1-2H3. The lowest BCUT2D eigenvalue weighted by Crippen LogP contribution is -2.48. The van der Waals surface area contributed by atoms with Crippen molar-refractivity contribution in [1.82, 2.24) is 10.2 Å². The average molecular weight is 292 g/mol. The van der Waals surface area contributed by atoms with Crippen LogP contribution in [0, 0.1) is 5.82 Å². The molecule has 0 radical (unpaired) electrons. The molecule has 0 aliphatic heterocycles. The molecule has 1 N–H and O–H groups in total. The van der Waals surface area contributed by atoms with Gasteiger partial charge in [-0.2, -0.15) is 0 Å². The third-order valence-corrected chi connectivity index (χ3v) is 4.58. The molecule has 1 aliphatic carbocycles. The Labute approximate surface area is 128 Å². The Balaban J connectivity index is 2.02. The molecular formula is C18H29FN2. The molecule has 1 aliphatic rings. The number of rotatable bonds is 6. The van der Waals surface area contributed by atoms with Crippen LogP contribution in [0.2, 0.25) is 0 Å². The molecule has 1 saturated carbocycles. The summed E-state index contributed by atoms with van der Waals surface area (Å²) in [6.07, 6.45) is 7.55. The second kappa shape index (κ2) is 8.50. The minimum absolute atomic E-state index is 0.0870. The summed E-state index contributed by atoms with van der Waals surface area (Å²) >= 11 is 0. The molecule has 0 heterocycles. The van der Waals surface area contributed by atoms with Crippen molar-refractivity contribution in [3.8, 4) is 0 Å². The second-order valence-corrected chi connectivity index (χ2v) is 6.27. The lowest BCUT2D eigenvalue weighted by atomic mass is 10.0. The van der Waals surface area contributed by atoms with Crippen molar-refractivity contribution >= 4 is 0 Å². The van der Waals surface area contributed by atoms with Crippen molar-refractivity contribution in [2.24, 2.45) is 0 Å². The van der Waals surface area contributed by atoms with E-state index in [0.29, 0.717) is 18.6 Å². The molecule has 2 nitrogen and oxygen atoms in total. The van der Waals surface area contributed by atoms with Crippen molar-refractivity contribution < 1.29 is 4.39 Å². The van der Waals surface area contributed by atoms with Gasteiger partial charge in [0.25, 0.3) is 0 Å². The Bertz CT molecular complexity index is 421. The van der Waals surface area contributed by atoms with Gasteiger partial charge in [-0.1, -0.05) is 44.4 Å². The van der Waals surface area contributed by atoms with Crippen LogP contribution in [-0.4, -0.2) is 30.6 Å². The first kappa shape index (κ1) is 16.4. The zero-order valence-corrected chi connectivity index (χ0v) is 13.4. The van der Waals surface area contributed by atoms with Gasteiger partial charge < -0.3 is 5.32 Å². The normalized spacial score (nSPS) is 23.2. The van der Waals surface area contributed by atoms with Crippen molar-refractivity contribution in [3.05, 3.63) is 35.6 Å². The van der Waals surface area contributed by atoms with E-state index >= 15 is 0 Å². The number of hydrogen-bond acceptors (Lipinski definition) is 2. The molecule has 21 heavy (non-hydrogen) atoms. The van der Waals surface area contributed by atoms with Gasteiger partial charge in [-0.3, -0.25) is 4.90 Å². The van der Waals surface area contributed by atoms with Crippen LogP contribution in [0.3, 0.4) is 0 Å². The van der Waals surface area contributed by atoms with E-state index in [1.165, 1.54) is 38.5 Å². The Morgan fingerprint density at radius 1 is 1.19 bits per heavy atom. The van der Waals surface area contributed by atoms with Gasteiger partial charge in [-0.15, -0.1) is 0 Å². The van der Waals surface area contributed by atoms with Crippen molar-refractivity contribution in [2.75, 3.05) is 13.6 Å². The Morgan fingerprint density at radius 3 is 2.71 bits per heavy atom. The molecule has 1 aromatic rings. The largest absolute Gasteiger partial charge is 0.312 e. The summed E-state index contributed by atoms with van der Waals surface area (Å²) in [5.74, 6) is -0.0870. The van der Waals surface area contributed by atoms with Crippen LogP contribution < -0.4 is 5.32 Å². The molecule has 0 aromatic heterocycles. The lowest BCUT2D eigenvalue weighted by Gasteiger charge is -2.34. The van der Waals surface area contributed by atoms with Crippen molar-refractivity contribution in [3.63, 3.8) is 0 Å². The summed E-state index contributed by atoms with van der Waals surface area (Å²) in [6, 6.07) is 8.20. The van der Waals surface area contributed by atoms with Crippen LogP contribution >= 0.6 is 0 Å². The zero-order valence-electron chi connectivity index (χ0n) is 13.4. The maximum absolute atomic E-state index is 13.9. The molecule has 2 rings (SSSR count). The molecule has 118 valence electrons. The molecule has 0 bridgehead atoms. The van der Waals surface area contributed by atoms with Crippen LogP contribution in [0.4, 0.5) is 4.39 Å². The van der Waals surface area contributed by atoms with Crippen LogP contribution in [0.25, 0.3) is 0 Å². The first-order chi connectivity index (χ1) is 10.2. The highest BCUT2D eigenvalue weighted by atomic mass is 19.1. The Hall–Kier alpha value is -0.930. The highest BCUT2D eigenvalue weighted by molar-refractivity contribution is 5.17. The molecular weight excluding hydrogens is 263 g/mol. The first-order valence-corrected chi connectivity index (χ1v) is 8.39. The van der Waals surface area contributed by atoms with E-state index in [4.69, 9.17) is 0 Å². The quantitative estimate of drug-likeness (QED) is 0.798. The average Bonchev–Trinajstić information content (AvgIpc) is 2.73. The monoisotopic (exact) mass is 292 g/mol. The van der Waals surface area contributed by atoms with Crippen LogP contribution in [-0.2, 0) is 6.54 Å². The van der Waals surface area contributed by atoms with E-state index in [0.717, 1.165) is 12.1 Å². The van der Waals surface area contributed by atoms with E-state index < -0.39 is 0 Å². The lowest BCUT2D eigenvalue weighted by molar-refractivity contribution is 0.173. The number of benzene rings is 1. The fourth-order valence-corrected chi connectivity index (χ4v) is 3.40. The van der Waals surface area contributed by atoms with Gasteiger partial charge in [-0.05, 0) is 38.9 Å². The molecule has 0 amide bonds. The van der Waals surface area contributed by atoms with Gasteiger partial charge in [0.2, 0.25) is 0 Å². The van der Waals surface area contributed by atoms with E-state index in [-0.39, 0.29) is 5.82 Å². The molecule has 3 heteroatoms. The summed E-state index contributed by atoms with van der Waals surface area (Å²) in [5.41, 5.74) is 0.804. The van der Waals surface area contributed by atoms with Crippen LogP contribution in [0.1, 0.15) is 51.0 Å². The van der Waals surface area contributed by atoms with Crippen LogP contribution in [0.5, 0.6) is 0 Å². The zero-order chi connectivity index (χ0) is 15.1. The van der Waals surface area contributed by atoms with Crippen LogP contribution in [0.15, 0.2) is 24.3 Å². The van der Waals surface area contributed by atoms with E-state index in [2.05, 4.69) is 24.2 Å². The highest BCUT2D eigenvalue weighted by Crippen LogP contribution is 2.23. The topological polar surface area (TPSA) is 15.3 Å². The number of halogens is 1. The third-order valence-electron chi connectivity index (χ3n) is 4.58. The Morgan fingerprint density at radius 2 is 1.95 bits per heavy atom. The van der Waals surface area contributed by atoms with Gasteiger partial charge >= 0.3 is 0 Å². The number of hydrogen-bond donors (Lipinski definition) is 1. The van der Waals surface area contributed by atoms with Gasteiger partial charge in [0, 0.05) is 24.2 Å². The van der Waals surface area contributed by atoms with Crippen molar-refractivity contribution in [2.45, 2.75) is 64.1 Å². The maximum Gasteiger partial charge on any atom is 0.127 e. The summed E-state index contributed by atoms with van der Waals surface area (Å²) in [6.45, 7) is 3.98. The van der Waals surface area contributed by atoms with Crippen molar-refractivity contribution in [1.29, 1.82) is 0 Å². The Kier molecular flexibility index (Phi) is 6.65. The fraction of sp³-hybridized carbons (Fsp3) is 0.667. The number of nitrogens with zero attached hydrogens (tertiary/aromatic N) is 1. The molecule has 2 atom stereocenters. The second-order valence-electron chi connectivity index (χ2n) is 6.27. The maximum atomic E-state index is 13.9. The summed E-state index contributed by atoms with van der Waals surface area (Å²) in [4.78, 5) is 2.34. The minimum atomic E-state index is -0.0870. The predicted octanol–water partition coefficient (Wildman–Crippen LogP) is 3.96. The summed E-state index contributed by atoms with van der Waals surface area (Å²) in [7, 11) is 2.14. The predicted molar refractivity (Wildman–Crippen MR) is 86.8 cm³/mol. The molecule has 1 aromatic carbocycles.